The first kappa shape index (κ1) is 12.6. The number of nitrogens with zero attached hydrogens (tertiary/aromatic N) is 1. The van der Waals surface area contributed by atoms with E-state index in [1.807, 2.05) is 19.1 Å². The van der Waals surface area contributed by atoms with Crippen molar-refractivity contribution in [3.63, 3.8) is 0 Å². The zero-order chi connectivity index (χ0) is 13.3. The second-order valence-electron chi connectivity index (χ2n) is 4.03. The van der Waals surface area contributed by atoms with E-state index in [-0.39, 0.29) is 5.15 Å². The highest BCUT2D eigenvalue weighted by atomic mass is 35.5. The Hall–Kier alpha value is -1.81. The Labute approximate surface area is 109 Å². The number of halogens is 1. The number of H-pyrrole nitrogens is 1. The van der Waals surface area contributed by atoms with Gasteiger partial charge in [0.15, 0.2) is 0 Å². The summed E-state index contributed by atoms with van der Waals surface area (Å²) in [4.78, 5) is 26.3. The Kier molecular flexibility index (Phi) is 3.39. The van der Waals surface area contributed by atoms with Crippen molar-refractivity contribution in [2.24, 2.45) is 0 Å². The monoisotopic (exact) mass is 264 g/mol. The van der Waals surface area contributed by atoms with Crippen LogP contribution in [0.2, 0.25) is 5.15 Å². The molecule has 1 N–H and O–H groups in total. The highest BCUT2D eigenvalue weighted by Gasteiger charge is 2.10. The molecule has 94 valence electrons. The van der Waals surface area contributed by atoms with Gasteiger partial charge >= 0.3 is 5.69 Å². The van der Waals surface area contributed by atoms with Gasteiger partial charge in [-0.2, -0.15) is 0 Å². The van der Waals surface area contributed by atoms with Gasteiger partial charge in [0.2, 0.25) is 0 Å². The van der Waals surface area contributed by atoms with Crippen LogP contribution in [0.5, 0.6) is 0 Å². The Morgan fingerprint density at radius 1 is 1.22 bits per heavy atom. The topological polar surface area (TPSA) is 54.9 Å². The summed E-state index contributed by atoms with van der Waals surface area (Å²) >= 11 is 5.76. The standard InChI is InChI=1S/C13H13ClN2O2/c1-3-9-4-6-10(7-5-9)16-12(17)8(2)11(14)15-13(16)18/h4-7H,3H2,1-2H3,(H,15,18). The lowest BCUT2D eigenvalue weighted by atomic mass is 10.1. The molecule has 1 aromatic heterocycles. The summed E-state index contributed by atoms with van der Waals surface area (Å²) in [6, 6.07) is 7.29. The Morgan fingerprint density at radius 3 is 2.39 bits per heavy atom. The average Bonchev–Trinajstić information content (AvgIpc) is 2.37. The van der Waals surface area contributed by atoms with Gasteiger partial charge in [0.25, 0.3) is 5.56 Å². The molecule has 1 heterocycles. The van der Waals surface area contributed by atoms with Crippen molar-refractivity contribution in [2.75, 3.05) is 0 Å². The van der Waals surface area contributed by atoms with E-state index >= 15 is 0 Å². The molecule has 4 nitrogen and oxygen atoms in total. The van der Waals surface area contributed by atoms with Crippen LogP contribution >= 0.6 is 11.6 Å². The van der Waals surface area contributed by atoms with E-state index in [1.54, 1.807) is 19.1 Å². The van der Waals surface area contributed by atoms with E-state index in [2.05, 4.69) is 4.98 Å². The first-order chi connectivity index (χ1) is 8.54. The third kappa shape index (κ3) is 2.11. The molecular formula is C13H13ClN2O2. The lowest BCUT2D eigenvalue weighted by Gasteiger charge is -2.07. The molecule has 0 unspecified atom stereocenters. The van der Waals surface area contributed by atoms with E-state index in [9.17, 15) is 9.59 Å². The zero-order valence-corrected chi connectivity index (χ0v) is 10.9. The van der Waals surface area contributed by atoms with Crippen LogP contribution in [0.4, 0.5) is 0 Å². The Morgan fingerprint density at radius 2 is 1.83 bits per heavy atom. The highest BCUT2D eigenvalue weighted by molar-refractivity contribution is 6.30. The van der Waals surface area contributed by atoms with E-state index in [0.717, 1.165) is 16.6 Å². The number of rotatable bonds is 2. The summed E-state index contributed by atoms with van der Waals surface area (Å²) in [6.45, 7) is 3.62. The first-order valence-corrected chi connectivity index (χ1v) is 6.03. The first-order valence-electron chi connectivity index (χ1n) is 5.65. The van der Waals surface area contributed by atoms with Gasteiger partial charge in [0, 0.05) is 0 Å². The molecular weight excluding hydrogens is 252 g/mol. The minimum atomic E-state index is -0.528. The predicted molar refractivity (Wildman–Crippen MR) is 71.8 cm³/mol. The minimum Gasteiger partial charge on any atom is -0.297 e. The van der Waals surface area contributed by atoms with Crippen molar-refractivity contribution in [2.45, 2.75) is 20.3 Å². The van der Waals surface area contributed by atoms with Crippen LogP contribution in [0.15, 0.2) is 33.9 Å². The van der Waals surface area contributed by atoms with Crippen molar-refractivity contribution in [1.29, 1.82) is 0 Å². The second-order valence-corrected chi connectivity index (χ2v) is 4.41. The molecule has 0 atom stereocenters. The van der Waals surface area contributed by atoms with Crippen molar-refractivity contribution in [1.82, 2.24) is 9.55 Å². The molecule has 0 saturated heterocycles. The Balaban J connectivity index is 2.67. The van der Waals surface area contributed by atoms with Gasteiger partial charge in [-0.25, -0.2) is 9.36 Å². The normalized spacial score (nSPS) is 10.6. The maximum Gasteiger partial charge on any atom is 0.334 e. The maximum absolute atomic E-state index is 12.0. The number of hydrogen-bond acceptors (Lipinski definition) is 2. The fourth-order valence-corrected chi connectivity index (χ4v) is 1.87. The predicted octanol–water partition coefficient (Wildman–Crippen LogP) is 2.05. The third-order valence-corrected chi connectivity index (χ3v) is 3.25. The molecule has 0 bridgehead atoms. The summed E-state index contributed by atoms with van der Waals surface area (Å²) < 4.78 is 1.08. The van der Waals surface area contributed by atoms with E-state index in [1.165, 1.54) is 0 Å². The number of aryl methyl sites for hydroxylation is 1. The molecule has 18 heavy (non-hydrogen) atoms. The molecule has 2 rings (SSSR count). The fourth-order valence-electron chi connectivity index (χ4n) is 1.71. The summed E-state index contributed by atoms with van der Waals surface area (Å²) in [5.74, 6) is 0. The van der Waals surface area contributed by atoms with Gasteiger partial charge < -0.3 is 0 Å². The molecule has 0 aliphatic heterocycles. The summed E-state index contributed by atoms with van der Waals surface area (Å²) in [6.07, 6.45) is 0.908. The molecule has 0 spiro atoms. The number of aromatic amines is 1. The maximum atomic E-state index is 12.0. The van der Waals surface area contributed by atoms with Crippen LogP contribution in [-0.4, -0.2) is 9.55 Å². The van der Waals surface area contributed by atoms with E-state index < -0.39 is 11.2 Å². The summed E-state index contributed by atoms with van der Waals surface area (Å²) in [7, 11) is 0. The molecule has 1 aromatic carbocycles. The number of nitrogens with one attached hydrogen (secondary N) is 1. The van der Waals surface area contributed by atoms with Crippen LogP contribution < -0.4 is 11.2 Å². The van der Waals surface area contributed by atoms with Crippen LogP contribution in [0.3, 0.4) is 0 Å². The average molecular weight is 265 g/mol. The zero-order valence-electron chi connectivity index (χ0n) is 10.2. The smallest absolute Gasteiger partial charge is 0.297 e. The summed E-state index contributed by atoms with van der Waals surface area (Å²) in [5.41, 5.74) is 1.09. The van der Waals surface area contributed by atoms with Crippen molar-refractivity contribution in [3.8, 4) is 5.69 Å². The molecule has 0 aliphatic rings. The van der Waals surface area contributed by atoms with E-state index in [0.29, 0.717) is 11.3 Å². The number of benzene rings is 1. The Bertz CT molecular complexity index is 684. The fraction of sp³-hybridized carbons (Fsp3) is 0.231. The number of aromatic nitrogens is 2. The SMILES string of the molecule is CCc1ccc(-n2c(=O)[nH]c(Cl)c(C)c2=O)cc1. The van der Waals surface area contributed by atoms with Gasteiger partial charge in [0.1, 0.15) is 5.15 Å². The van der Waals surface area contributed by atoms with Crippen molar-refractivity contribution < 1.29 is 0 Å². The van der Waals surface area contributed by atoms with Gasteiger partial charge in [-0.1, -0.05) is 30.7 Å². The van der Waals surface area contributed by atoms with Crippen LogP contribution in [-0.2, 0) is 6.42 Å². The van der Waals surface area contributed by atoms with Crippen LogP contribution in [0.25, 0.3) is 5.69 Å². The molecule has 0 radical (unpaired) electrons. The lowest BCUT2D eigenvalue weighted by molar-refractivity contribution is 0.859. The lowest BCUT2D eigenvalue weighted by Crippen LogP contribution is -2.35. The minimum absolute atomic E-state index is 0.0893. The third-order valence-electron chi connectivity index (χ3n) is 2.88. The van der Waals surface area contributed by atoms with Crippen LogP contribution in [0.1, 0.15) is 18.1 Å². The largest absolute Gasteiger partial charge is 0.334 e. The highest BCUT2D eigenvalue weighted by Crippen LogP contribution is 2.09. The summed E-state index contributed by atoms with van der Waals surface area (Å²) in [5, 5.41) is 0.0893. The van der Waals surface area contributed by atoms with Crippen molar-refractivity contribution >= 4 is 11.6 Å². The number of hydrogen-bond donors (Lipinski definition) is 1. The van der Waals surface area contributed by atoms with Crippen LogP contribution in [0, 0.1) is 6.92 Å². The second kappa shape index (κ2) is 4.82. The molecule has 0 aliphatic carbocycles. The van der Waals surface area contributed by atoms with Crippen molar-refractivity contribution in [3.05, 3.63) is 61.4 Å². The van der Waals surface area contributed by atoms with Gasteiger partial charge in [-0.15, -0.1) is 0 Å². The quantitative estimate of drug-likeness (QED) is 0.844. The van der Waals surface area contributed by atoms with E-state index in [4.69, 9.17) is 11.6 Å². The molecule has 0 saturated carbocycles. The van der Waals surface area contributed by atoms with Gasteiger partial charge in [-0.3, -0.25) is 9.78 Å². The molecule has 0 amide bonds. The molecule has 5 heteroatoms. The van der Waals surface area contributed by atoms with Gasteiger partial charge in [-0.05, 0) is 31.0 Å². The molecule has 0 fully saturated rings. The molecule has 2 aromatic rings. The van der Waals surface area contributed by atoms with Gasteiger partial charge in [0.05, 0.1) is 11.3 Å².